The van der Waals surface area contributed by atoms with Crippen molar-refractivity contribution in [1.29, 1.82) is 0 Å². The lowest BCUT2D eigenvalue weighted by atomic mass is 10.00. The van der Waals surface area contributed by atoms with Gasteiger partial charge in [-0.1, -0.05) is 174 Å². The normalized spacial score (nSPS) is 11.6. The summed E-state index contributed by atoms with van der Waals surface area (Å²) in [6.07, 6.45) is 11.2. The van der Waals surface area contributed by atoms with Crippen LogP contribution in [0.4, 0.5) is 0 Å². The van der Waals surface area contributed by atoms with Gasteiger partial charge in [-0.3, -0.25) is 0 Å². The standard InChI is InChI=1S/C24H23N.C15H16BrN.C9H8.CH4/c1-19-14-16-21(17-15-19)9-4-3-7-18-25-20(2)23-13-8-11-22-10-5-6-12-24(22)23;1-12(17-11-5-10-16)14-9-4-7-13-6-2-3-8-15(13)14;1-3-9-6-4-8(2)5-7-9;/h3,5-8,10-17,20,25H,18H2,1-2H3;2-10,12,17H,11H2,1H3;1,4-7H,2H3;1H4/b7-3+;10-5+;;/t20-;12-;;/m11../s1. The third kappa shape index (κ3) is 13.2. The molecule has 0 aliphatic heterocycles. The third-order valence-corrected chi connectivity index (χ3v) is 8.81. The number of hydrogen-bond donors (Lipinski definition) is 2. The van der Waals surface area contributed by atoms with E-state index in [1.807, 2.05) is 42.3 Å². The molecule has 0 unspecified atom stereocenters. The zero-order chi connectivity index (χ0) is 36.3. The average molecular weight is 748 g/mol. The van der Waals surface area contributed by atoms with Gasteiger partial charge in [0.1, 0.15) is 0 Å². The lowest BCUT2D eigenvalue weighted by molar-refractivity contribution is 0.621. The number of aryl methyl sites for hydroxylation is 2. The first-order valence-electron chi connectivity index (χ1n) is 17.3. The van der Waals surface area contributed by atoms with E-state index >= 15 is 0 Å². The first-order chi connectivity index (χ1) is 24.9. The average Bonchev–Trinajstić information content (AvgIpc) is 3.17. The van der Waals surface area contributed by atoms with Gasteiger partial charge >= 0.3 is 0 Å². The van der Waals surface area contributed by atoms with E-state index in [9.17, 15) is 0 Å². The first-order valence-corrected chi connectivity index (χ1v) is 18.2. The summed E-state index contributed by atoms with van der Waals surface area (Å²) in [5.41, 5.74) is 7.18. The van der Waals surface area contributed by atoms with Gasteiger partial charge in [-0.05, 0) is 95.7 Å². The molecule has 0 fully saturated rings. The summed E-state index contributed by atoms with van der Waals surface area (Å²) in [4.78, 5) is 1.88. The molecule has 6 aromatic rings. The van der Waals surface area contributed by atoms with Gasteiger partial charge in [-0.15, -0.1) is 6.42 Å². The van der Waals surface area contributed by atoms with E-state index < -0.39 is 0 Å². The Hall–Kier alpha value is -5.16. The molecule has 0 radical (unpaired) electrons. The second-order valence-corrected chi connectivity index (χ2v) is 12.8. The molecular formula is C49H51BrN2. The second-order valence-electron chi connectivity index (χ2n) is 12.3. The van der Waals surface area contributed by atoms with Crippen LogP contribution in [-0.4, -0.2) is 13.1 Å². The lowest BCUT2D eigenvalue weighted by Crippen LogP contribution is -2.18. The maximum atomic E-state index is 5.15. The Morgan fingerprint density at radius 1 is 0.596 bits per heavy atom. The van der Waals surface area contributed by atoms with Gasteiger partial charge < -0.3 is 10.6 Å². The van der Waals surface area contributed by atoms with E-state index in [1.165, 1.54) is 43.8 Å². The van der Waals surface area contributed by atoms with Crippen LogP contribution >= 0.6 is 15.9 Å². The molecule has 6 rings (SSSR count). The number of rotatable bonds is 8. The van der Waals surface area contributed by atoms with E-state index in [1.54, 1.807) is 0 Å². The predicted octanol–water partition coefficient (Wildman–Crippen LogP) is 12.4. The lowest BCUT2D eigenvalue weighted by Gasteiger charge is -2.15. The molecular weight excluding hydrogens is 696 g/mol. The van der Waals surface area contributed by atoms with E-state index in [0.717, 1.165) is 24.2 Å². The minimum atomic E-state index is 0. The summed E-state index contributed by atoms with van der Waals surface area (Å²) in [6, 6.07) is 46.8. The first kappa shape index (κ1) is 41.3. The van der Waals surface area contributed by atoms with Gasteiger partial charge in [-0.2, -0.15) is 0 Å². The number of fused-ring (bicyclic) bond motifs is 2. The molecule has 0 saturated heterocycles. The van der Waals surface area contributed by atoms with E-state index in [2.05, 4.69) is 186 Å². The van der Waals surface area contributed by atoms with Crippen molar-refractivity contribution in [2.24, 2.45) is 0 Å². The molecule has 6 aromatic carbocycles. The largest absolute Gasteiger partial charge is 0.307 e. The molecule has 0 heterocycles. The van der Waals surface area contributed by atoms with Gasteiger partial charge in [0, 0.05) is 36.3 Å². The van der Waals surface area contributed by atoms with Crippen LogP contribution in [0.15, 0.2) is 157 Å². The van der Waals surface area contributed by atoms with E-state index in [-0.39, 0.29) is 7.43 Å². The molecule has 3 heteroatoms. The Morgan fingerprint density at radius 2 is 1.04 bits per heavy atom. The summed E-state index contributed by atoms with van der Waals surface area (Å²) in [7, 11) is 0. The molecule has 0 amide bonds. The molecule has 2 nitrogen and oxygen atoms in total. The molecule has 0 aromatic heterocycles. The molecule has 0 bridgehead atoms. The maximum Gasteiger partial charge on any atom is 0.0300 e. The zero-order valence-electron chi connectivity index (χ0n) is 30.0. The molecule has 0 aliphatic rings. The Morgan fingerprint density at radius 3 is 1.52 bits per heavy atom. The minimum absolute atomic E-state index is 0. The van der Waals surface area contributed by atoms with Crippen LogP contribution in [0.25, 0.3) is 21.5 Å². The van der Waals surface area contributed by atoms with Gasteiger partial charge in [0.05, 0.1) is 0 Å². The van der Waals surface area contributed by atoms with Crippen molar-refractivity contribution < 1.29 is 0 Å². The second kappa shape index (κ2) is 22.6. The van der Waals surface area contributed by atoms with Crippen LogP contribution in [0.1, 0.15) is 66.7 Å². The Kier molecular flexibility index (Phi) is 17.9. The van der Waals surface area contributed by atoms with Crippen molar-refractivity contribution in [3.63, 3.8) is 0 Å². The minimum Gasteiger partial charge on any atom is -0.307 e. The highest BCUT2D eigenvalue weighted by molar-refractivity contribution is 9.11. The van der Waals surface area contributed by atoms with Gasteiger partial charge in [0.25, 0.3) is 0 Å². The van der Waals surface area contributed by atoms with Gasteiger partial charge in [0.15, 0.2) is 0 Å². The Labute approximate surface area is 321 Å². The molecule has 264 valence electrons. The topological polar surface area (TPSA) is 24.1 Å². The summed E-state index contributed by atoms with van der Waals surface area (Å²) in [5.74, 6) is 8.80. The van der Waals surface area contributed by atoms with Crippen molar-refractivity contribution in [1.82, 2.24) is 10.6 Å². The summed E-state index contributed by atoms with van der Waals surface area (Å²) >= 11 is 3.27. The highest BCUT2D eigenvalue weighted by Crippen LogP contribution is 2.25. The van der Waals surface area contributed by atoms with Crippen LogP contribution in [0.2, 0.25) is 0 Å². The summed E-state index contributed by atoms with van der Waals surface area (Å²) in [6.45, 7) is 10.2. The fourth-order valence-electron chi connectivity index (χ4n) is 5.54. The monoisotopic (exact) mass is 746 g/mol. The van der Waals surface area contributed by atoms with Crippen LogP contribution in [0.5, 0.6) is 0 Å². The summed E-state index contributed by atoms with van der Waals surface area (Å²) in [5, 5.41) is 12.2. The number of hydrogen-bond acceptors (Lipinski definition) is 2. The number of allylic oxidation sites excluding steroid dienone is 1. The van der Waals surface area contributed by atoms with Crippen molar-refractivity contribution >= 4 is 37.5 Å². The molecule has 0 spiro atoms. The zero-order valence-corrected chi connectivity index (χ0v) is 31.6. The fraction of sp³-hybridized carbons (Fsp3) is 0.184. The highest BCUT2D eigenvalue weighted by atomic mass is 79.9. The maximum absolute atomic E-state index is 5.15. The van der Waals surface area contributed by atoms with Gasteiger partial charge in [-0.25, -0.2) is 0 Å². The Balaban J connectivity index is 0.000000233. The quantitative estimate of drug-likeness (QED) is 0.152. The van der Waals surface area contributed by atoms with E-state index in [0.29, 0.717) is 12.1 Å². The van der Waals surface area contributed by atoms with Crippen molar-refractivity contribution in [3.05, 3.63) is 190 Å². The van der Waals surface area contributed by atoms with Crippen molar-refractivity contribution in [3.8, 4) is 24.2 Å². The molecule has 0 saturated carbocycles. The Bertz CT molecular complexity index is 2110. The van der Waals surface area contributed by atoms with Crippen molar-refractivity contribution in [2.75, 3.05) is 13.1 Å². The molecule has 2 atom stereocenters. The van der Waals surface area contributed by atoms with Crippen LogP contribution in [0, 0.1) is 38.0 Å². The smallest absolute Gasteiger partial charge is 0.0300 e. The molecule has 52 heavy (non-hydrogen) atoms. The van der Waals surface area contributed by atoms with Crippen LogP contribution in [0.3, 0.4) is 0 Å². The summed E-state index contributed by atoms with van der Waals surface area (Å²) < 4.78 is 0. The molecule has 2 N–H and O–H groups in total. The number of halogens is 1. The van der Waals surface area contributed by atoms with Gasteiger partial charge in [0.2, 0.25) is 0 Å². The van der Waals surface area contributed by atoms with Crippen LogP contribution in [-0.2, 0) is 0 Å². The number of terminal acetylenes is 1. The number of benzene rings is 6. The van der Waals surface area contributed by atoms with E-state index in [4.69, 9.17) is 6.42 Å². The van der Waals surface area contributed by atoms with Crippen LogP contribution < -0.4 is 10.6 Å². The molecule has 0 aliphatic carbocycles. The number of nitrogens with one attached hydrogen (secondary N) is 2. The highest BCUT2D eigenvalue weighted by Gasteiger charge is 2.08. The predicted molar refractivity (Wildman–Crippen MR) is 232 cm³/mol. The third-order valence-electron chi connectivity index (χ3n) is 8.44. The van der Waals surface area contributed by atoms with Crippen molar-refractivity contribution in [2.45, 2.75) is 47.2 Å². The fourth-order valence-corrected chi connectivity index (χ4v) is 5.73. The SMILES string of the molecule is C.C#Cc1ccc(C)cc1.C[C@@H](NC/C=C/Br)c1cccc2ccccc12.Cc1ccc(C#C/C=C/CN[C@H](C)c2cccc3ccccc23)cc1.